The number of benzene rings is 1. The minimum absolute atomic E-state index is 0.00887. The predicted molar refractivity (Wildman–Crippen MR) is 68.9 cm³/mol. The number of amides is 1. The van der Waals surface area contributed by atoms with Crippen LogP contribution in [0.2, 0.25) is 0 Å². The number of carbonyl (C=O) groups is 2. The maximum atomic E-state index is 12.7. The summed E-state index contributed by atoms with van der Waals surface area (Å²) in [5, 5.41) is 9.02. The summed E-state index contributed by atoms with van der Waals surface area (Å²) in [6, 6.07) is 4.43. The van der Waals surface area contributed by atoms with E-state index >= 15 is 0 Å². The van der Waals surface area contributed by atoms with Gasteiger partial charge in [-0.05, 0) is 44.0 Å². The summed E-state index contributed by atoms with van der Waals surface area (Å²) < 4.78 is 18.0. The average molecular weight is 281 g/mol. The smallest absolute Gasteiger partial charge is 0.326 e. The van der Waals surface area contributed by atoms with Gasteiger partial charge in [-0.3, -0.25) is 4.79 Å². The number of ether oxygens (including phenoxy) is 1. The van der Waals surface area contributed by atoms with Crippen molar-refractivity contribution in [3.05, 3.63) is 30.1 Å². The number of hydrogen-bond donors (Lipinski definition) is 1. The summed E-state index contributed by atoms with van der Waals surface area (Å²) in [5.41, 5.74) is 0. The van der Waals surface area contributed by atoms with Crippen molar-refractivity contribution in [2.75, 3.05) is 6.61 Å². The van der Waals surface area contributed by atoms with Crippen LogP contribution >= 0.6 is 0 Å². The summed E-state index contributed by atoms with van der Waals surface area (Å²) in [5.74, 6) is -1.42. The first kappa shape index (κ1) is 14.3. The van der Waals surface area contributed by atoms with Crippen molar-refractivity contribution in [2.45, 2.75) is 31.8 Å². The minimum atomic E-state index is -1.04. The molecule has 1 aliphatic rings. The van der Waals surface area contributed by atoms with E-state index in [0.29, 0.717) is 5.75 Å². The average Bonchev–Trinajstić information content (AvgIpc) is 3.22. The van der Waals surface area contributed by atoms with Gasteiger partial charge in [0, 0.05) is 6.04 Å². The zero-order valence-corrected chi connectivity index (χ0v) is 11.1. The fourth-order valence-electron chi connectivity index (χ4n) is 1.96. The molecule has 5 nitrogen and oxygen atoms in total. The molecule has 1 unspecified atom stereocenters. The van der Waals surface area contributed by atoms with Crippen molar-refractivity contribution in [2.24, 2.45) is 0 Å². The second kappa shape index (κ2) is 5.90. The number of aliphatic carboxylic acids is 1. The van der Waals surface area contributed by atoms with E-state index in [1.165, 1.54) is 36.1 Å². The Kier molecular flexibility index (Phi) is 4.22. The van der Waals surface area contributed by atoms with Crippen molar-refractivity contribution in [1.82, 2.24) is 4.90 Å². The molecule has 6 heteroatoms. The molecule has 20 heavy (non-hydrogen) atoms. The highest BCUT2D eigenvalue weighted by Crippen LogP contribution is 2.29. The molecule has 1 atom stereocenters. The third kappa shape index (κ3) is 3.46. The van der Waals surface area contributed by atoms with Crippen molar-refractivity contribution in [1.29, 1.82) is 0 Å². The van der Waals surface area contributed by atoms with Gasteiger partial charge in [-0.2, -0.15) is 0 Å². The zero-order chi connectivity index (χ0) is 14.7. The van der Waals surface area contributed by atoms with Crippen LogP contribution in [-0.4, -0.2) is 40.6 Å². The predicted octanol–water partition coefficient (Wildman–Crippen LogP) is 1.67. The Hall–Kier alpha value is -2.11. The van der Waals surface area contributed by atoms with Crippen LogP contribution in [0.25, 0.3) is 0 Å². The number of carboxylic acid groups (broad SMARTS) is 1. The Labute approximate surface area is 116 Å². The molecule has 0 spiro atoms. The Bertz CT molecular complexity index is 498. The molecule has 1 aromatic carbocycles. The van der Waals surface area contributed by atoms with Gasteiger partial charge in [0.05, 0.1) is 0 Å². The first-order chi connectivity index (χ1) is 9.49. The molecule has 0 heterocycles. The molecular weight excluding hydrogens is 265 g/mol. The topological polar surface area (TPSA) is 66.8 Å². The monoisotopic (exact) mass is 281 g/mol. The zero-order valence-electron chi connectivity index (χ0n) is 11.1. The molecule has 0 aliphatic heterocycles. The normalized spacial score (nSPS) is 15.5. The van der Waals surface area contributed by atoms with Gasteiger partial charge in [0.25, 0.3) is 5.91 Å². The molecule has 0 bridgehead atoms. The summed E-state index contributed by atoms with van der Waals surface area (Å²) in [4.78, 5) is 24.4. The van der Waals surface area contributed by atoms with E-state index in [4.69, 9.17) is 9.84 Å². The van der Waals surface area contributed by atoms with Gasteiger partial charge in [-0.15, -0.1) is 0 Å². The van der Waals surface area contributed by atoms with Gasteiger partial charge in [-0.1, -0.05) is 0 Å². The largest absolute Gasteiger partial charge is 0.484 e. The van der Waals surface area contributed by atoms with Crippen LogP contribution < -0.4 is 4.74 Å². The maximum Gasteiger partial charge on any atom is 0.326 e. The molecule has 1 saturated carbocycles. The van der Waals surface area contributed by atoms with Gasteiger partial charge >= 0.3 is 5.97 Å². The number of nitrogens with zero attached hydrogens (tertiary/aromatic N) is 1. The van der Waals surface area contributed by atoms with Crippen LogP contribution in [0.1, 0.15) is 19.8 Å². The highest BCUT2D eigenvalue weighted by molar-refractivity contribution is 5.84. The molecule has 0 aromatic heterocycles. The quantitative estimate of drug-likeness (QED) is 0.861. The van der Waals surface area contributed by atoms with E-state index in [9.17, 15) is 14.0 Å². The third-order valence-corrected chi connectivity index (χ3v) is 3.18. The first-order valence-electron chi connectivity index (χ1n) is 6.41. The lowest BCUT2D eigenvalue weighted by Gasteiger charge is -2.26. The summed E-state index contributed by atoms with van der Waals surface area (Å²) in [6.07, 6.45) is 1.64. The number of carbonyl (C=O) groups excluding carboxylic acids is 1. The number of rotatable bonds is 6. The fourth-order valence-corrected chi connectivity index (χ4v) is 1.96. The molecule has 1 aromatic rings. The van der Waals surface area contributed by atoms with Crippen LogP contribution in [0.3, 0.4) is 0 Å². The van der Waals surface area contributed by atoms with E-state index in [1.807, 2.05) is 0 Å². The third-order valence-electron chi connectivity index (χ3n) is 3.18. The molecular formula is C14H16FNO4. The van der Waals surface area contributed by atoms with Gasteiger partial charge in [0.1, 0.15) is 17.6 Å². The minimum Gasteiger partial charge on any atom is -0.484 e. The highest BCUT2D eigenvalue weighted by atomic mass is 19.1. The molecule has 1 aliphatic carbocycles. The summed E-state index contributed by atoms with van der Waals surface area (Å²) >= 11 is 0. The highest BCUT2D eigenvalue weighted by Gasteiger charge is 2.38. The number of halogens is 1. The van der Waals surface area contributed by atoms with Crippen molar-refractivity contribution in [3.8, 4) is 5.75 Å². The lowest BCUT2D eigenvalue weighted by atomic mass is 10.2. The van der Waals surface area contributed by atoms with Crippen LogP contribution in [0.5, 0.6) is 5.75 Å². The van der Waals surface area contributed by atoms with Gasteiger partial charge in [-0.25, -0.2) is 9.18 Å². The van der Waals surface area contributed by atoms with Gasteiger partial charge in [0.2, 0.25) is 0 Å². The summed E-state index contributed by atoms with van der Waals surface area (Å²) in [6.45, 7) is 1.23. The van der Waals surface area contributed by atoms with E-state index in [1.54, 1.807) is 0 Å². The van der Waals surface area contributed by atoms with E-state index in [0.717, 1.165) is 12.8 Å². The molecule has 1 amide bonds. The Morgan fingerprint density at radius 2 is 2.00 bits per heavy atom. The second-order valence-electron chi connectivity index (χ2n) is 4.79. The lowest BCUT2D eigenvalue weighted by molar-refractivity contribution is -0.150. The Morgan fingerprint density at radius 3 is 2.50 bits per heavy atom. The van der Waals surface area contributed by atoms with Crippen LogP contribution in [0, 0.1) is 5.82 Å². The fraction of sp³-hybridized carbons (Fsp3) is 0.429. The maximum absolute atomic E-state index is 12.7. The first-order valence-corrected chi connectivity index (χ1v) is 6.41. The van der Waals surface area contributed by atoms with Crippen LogP contribution in [0.15, 0.2) is 24.3 Å². The Morgan fingerprint density at radius 1 is 1.40 bits per heavy atom. The van der Waals surface area contributed by atoms with Crippen LogP contribution in [-0.2, 0) is 9.59 Å². The van der Waals surface area contributed by atoms with Crippen molar-refractivity contribution < 1.29 is 23.8 Å². The van der Waals surface area contributed by atoms with Crippen LogP contribution in [0.4, 0.5) is 4.39 Å². The molecule has 1 N–H and O–H groups in total. The van der Waals surface area contributed by atoms with Gasteiger partial charge in [0.15, 0.2) is 6.61 Å². The molecule has 0 saturated heterocycles. The van der Waals surface area contributed by atoms with Crippen molar-refractivity contribution >= 4 is 11.9 Å². The van der Waals surface area contributed by atoms with E-state index < -0.39 is 12.0 Å². The summed E-state index contributed by atoms with van der Waals surface area (Å²) in [7, 11) is 0. The van der Waals surface area contributed by atoms with E-state index in [-0.39, 0.29) is 24.4 Å². The van der Waals surface area contributed by atoms with Crippen molar-refractivity contribution in [3.63, 3.8) is 0 Å². The number of hydrogen-bond acceptors (Lipinski definition) is 3. The Balaban J connectivity index is 1.95. The standard InChI is InChI=1S/C14H16FNO4/c1-9(14(18)19)16(11-4-5-11)13(17)8-20-12-6-2-10(15)3-7-12/h2-3,6-7,9,11H,4-5,8H2,1H3,(H,18,19). The molecule has 108 valence electrons. The lowest BCUT2D eigenvalue weighted by Crippen LogP contribution is -2.46. The molecule has 0 radical (unpaired) electrons. The second-order valence-corrected chi connectivity index (χ2v) is 4.79. The SMILES string of the molecule is CC(C(=O)O)N(C(=O)COc1ccc(F)cc1)C1CC1. The molecule has 2 rings (SSSR count). The number of carboxylic acids is 1. The van der Waals surface area contributed by atoms with E-state index in [2.05, 4.69) is 0 Å². The molecule has 1 fully saturated rings. The van der Waals surface area contributed by atoms with Gasteiger partial charge < -0.3 is 14.7 Å².